The Balaban J connectivity index is 2.94. The first-order valence-electron chi connectivity index (χ1n) is 4.81. The minimum absolute atomic E-state index is 0.196. The quantitative estimate of drug-likeness (QED) is 0.510. The Labute approximate surface area is 93.5 Å². The van der Waals surface area contributed by atoms with Gasteiger partial charge in [-0.05, 0) is 0 Å². The van der Waals surface area contributed by atoms with Gasteiger partial charge in [-0.3, -0.25) is 0 Å². The van der Waals surface area contributed by atoms with Crippen LogP contribution in [0.15, 0.2) is 6.33 Å². The van der Waals surface area contributed by atoms with Gasteiger partial charge in [0.25, 0.3) is 0 Å². The third-order valence-electron chi connectivity index (χ3n) is 2.03. The van der Waals surface area contributed by atoms with Crippen LogP contribution in [0.25, 0.3) is 0 Å². The molecule has 1 rings (SSSR count). The van der Waals surface area contributed by atoms with Crippen molar-refractivity contribution in [2.24, 2.45) is 0 Å². The number of hydrogen-bond donors (Lipinski definition) is 4. The molecule has 0 atom stereocenters. The van der Waals surface area contributed by atoms with Crippen molar-refractivity contribution in [2.45, 2.75) is 6.04 Å². The van der Waals surface area contributed by atoms with Gasteiger partial charge >= 0.3 is 0 Å². The van der Waals surface area contributed by atoms with Crippen molar-refractivity contribution in [1.82, 2.24) is 9.97 Å². The van der Waals surface area contributed by atoms with Crippen LogP contribution < -0.4 is 15.4 Å². The first kappa shape index (κ1) is 12.5. The molecule has 0 aliphatic rings. The molecule has 1 heterocycles. The first-order valence-corrected chi connectivity index (χ1v) is 4.81. The summed E-state index contributed by atoms with van der Waals surface area (Å²) >= 11 is 0. The van der Waals surface area contributed by atoms with Crippen LogP contribution in [0.4, 0.5) is 11.6 Å². The number of nitrogens with zero attached hydrogens (tertiary/aromatic N) is 2. The van der Waals surface area contributed by atoms with Crippen LogP contribution in [0.2, 0.25) is 0 Å². The smallest absolute Gasteiger partial charge is 0.204 e. The highest BCUT2D eigenvalue weighted by molar-refractivity contribution is 5.63. The highest BCUT2D eigenvalue weighted by Gasteiger charge is 2.14. The Morgan fingerprint density at radius 2 is 1.94 bits per heavy atom. The zero-order valence-corrected chi connectivity index (χ0v) is 9.27. The highest BCUT2D eigenvalue weighted by Crippen LogP contribution is 2.28. The molecule has 0 fully saturated rings. The van der Waals surface area contributed by atoms with Gasteiger partial charge in [-0.2, -0.15) is 0 Å². The number of methoxy groups -OCH3 is 1. The topological polar surface area (TPSA) is 99.5 Å². The lowest BCUT2D eigenvalue weighted by atomic mass is 10.3. The molecule has 7 heteroatoms. The Hall–Kier alpha value is -1.60. The molecule has 0 spiro atoms. The number of hydrogen-bond acceptors (Lipinski definition) is 7. The SMILES string of the molecule is CNc1ncnc(NC(CO)CO)c1OC. The van der Waals surface area contributed by atoms with E-state index in [4.69, 9.17) is 14.9 Å². The van der Waals surface area contributed by atoms with E-state index in [1.807, 2.05) is 0 Å². The predicted octanol–water partition coefficient (Wildman–Crippen LogP) is -0.708. The van der Waals surface area contributed by atoms with E-state index in [1.54, 1.807) is 7.05 Å². The maximum absolute atomic E-state index is 8.96. The molecule has 1 aromatic rings. The van der Waals surface area contributed by atoms with Gasteiger partial charge in [-0.15, -0.1) is 0 Å². The third kappa shape index (κ3) is 2.71. The summed E-state index contributed by atoms with van der Waals surface area (Å²) in [5.41, 5.74) is 0. The average molecular weight is 228 g/mol. The van der Waals surface area contributed by atoms with E-state index in [1.165, 1.54) is 13.4 Å². The molecule has 16 heavy (non-hydrogen) atoms. The van der Waals surface area contributed by atoms with E-state index < -0.39 is 6.04 Å². The number of nitrogens with one attached hydrogen (secondary N) is 2. The fourth-order valence-corrected chi connectivity index (χ4v) is 1.19. The lowest BCUT2D eigenvalue weighted by Crippen LogP contribution is -2.28. The molecular weight excluding hydrogens is 212 g/mol. The van der Waals surface area contributed by atoms with Gasteiger partial charge in [0.15, 0.2) is 11.6 Å². The van der Waals surface area contributed by atoms with E-state index in [9.17, 15) is 0 Å². The normalized spacial score (nSPS) is 10.3. The van der Waals surface area contributed by atoms with Gasteiger partial charge in [0.2, 0.25) is 5.75 Å². The van der Waals surface area contributed by atoms with Crippen molar-refractivity contribution in [3.63, 3.8) is 0 Å². The van der Waals surface area contributed by atoms with E-state index in [-0.39, 0.29) is 13.2 Å². The van der Waals surface area contributed by atoms with Crippen molar-refractivity contribution in [2.75, 3.05) is 38.0 Å². The predicted molar refractivity (Wildman–Crippen MR) is 59.7 cm³/mol. The molecule has 0 saturated carbocycles. The Kier molecular flexibility index (Phi) is 4.74. The van der Waals surface area contributed by atoms with Crippen molar-refractivity contribution >= 4 is 11.6 Å². The number of aliphatic hydroxyl groups excluding tert-OH is 2. The van der Waals surface area contributed by atoms with Gasteiger partial charge in [-0.1, -0.05) is 0 Å². The highest BCUT2D eigenvalue weighted by atomic mass is 16.5. The van der Waals surface area contributed by atoms with Gasteiger partial charge in [-0.25, -0.2) is 9.97 Å². The fraction of sp³-hybridized carbons (Fsp3) is 0.556. The molecule has 0 bridgehead atoms. The lowest BCUT2D eigenvalue weighted by molar-refractivity contribution is 0.203. The fourth-order valence-electron chi connectivity index (χ4n) is 1.19. The number of ether oxygens (including phenoxy) is 1. The van der Waals surface area contributed by atoms with E-state index in [2.05, 4.69) is 20.6 Å². The summed E-state index contributed by atoms with van der Waals surface area (Å²) in [5, 5.41) is 23.6. The maximum Gasteiger partial charge on any atom is 0.204 e. The molecule has 1 aromatic heterocycles. The molecule has 90 valence electrons. The van der Waals surface area contributed by atoms with Crippen LogP contribution in [0.5, 0.6) is 5.75 Å². The van der Waals surface area contributed by atoms with Crippen molar-refractivity contribution < 1.29 is 14.9 Å². The second-order valence-electron chi connectivity index (χ2n) is 3.06. The lowest BCUT2D eigenvalue weighted by Gasteiger charge is -2.17. The number of aliphatic hydroxyl groups is 2. The average Bonchev–Trinajstić information content (AvgIpc) is 2.35. The summed E-state index contributed by atoms with van der Waals surface area (Å²) < 4.78 is 5.14. The zero-order valence-electron chi connectivity index (χ0n) is 9.27. The summed E-state index contributed by atoms with van der Waals surface area (Å²) in [7, 11) is 3.21. The van der Waals surface area contributed by atoms with Gasteiger partial charge in [0, 0.05) is 7.05 Å². The van der Waals surface area contributed by atoms with E-state index >= 15 is 0 Å². The number of anilines is 2. The van der Waals surface area contributed by atoms with Crippen LogP contribution in [0, 0.1) is 0 Å². The second-order valence-corrected chi connectivity index (χ2v) is 3.06. The monoisotopic (exact) mass is 228 g/mol. The number of rotatable bonds is 6. The van der Waals surface area contributed by atoms with Crippen LogP contribution >= 0.6 is 0 Å². The molecule has 0 aliphatic carbocycles. The molecule has 7 nitrogen and oxygen atoms in total. The molecule has 0 aliphatic heterocycles. The zero-order chi connectivity index (χ0) is 12.0. The van der Waals surface area contributed by atoms with Gasteiger partial charge < -0.3 is 25.6 Å². The number of aromatic nitrogens is 2. The van der Waals surface area contributed by atoms with Crippen LogP contribution in [-0.2, 0) is 0 Å². The standard InChI is InChI=1S/C9H16N4O3/c1-10-8-7(16-2)9(12-5-11-8)13-6(3-14)4-15/h5-6,14-15H,3-4H2,1-2H3,(H2,10,11,12,13). The Bertz CT molecular complexity index is 331. The molecule has 0 aromatic carbocycles. The molecule has 0 radical (unpaired) electrons. The van der Waals surface area contributed by atoms with Gasteiger partial charge in [0.1, 0.15) is 6.33 Å². The minimum Gasteiger partial charge on any atom is -0.490 e. The summed E-state index contributed by atoms with van der Waals surface area (Å²) in [5.74, 6) is 1.40. The second kappa shape index (κ2) is 6.09. The van der Waals surface area contributed by atoms with Crippen molar-refractivity contribution in [1.29, 1.82) is 0 Å². The van der Waals surface area contributed by atoms with Gasteiger partial charge in [0.05, 0.1) is 26.4 Å². The third-order valence-corrected chi connectivity index (χ3v) is 2.03. The molecular formula is C9H16N4O3. The van der Waals surface area contributed by atoms with Crippen LogP contribution in [-0.4, -0.2) is 53.6 Å². The minimum atomic E-state index is -0.478. The summed E-state index contributed by atoms with van der Waals surface area (Å²) in [6.45, 7) is -0.392. The van der Waals surface area contributed by atoms with Crippen LogP contribution in [0.1, 0.15) is 0 Å². The molecule has 0 amide bonds. The Morgan fingerprint density at radius 3 is 2.44 bits per heavy atom. The van der Waals surface area contributed by atoms with E-state index in [0.717, 1.165) is 0 Å². The maximum atomic E-state index is 8.96. The van der Waals surface area contributed by atoms with Crippen molar-refractivity contribution in [3.05, 3.63) is 6.33 Å². The van der Waals surface area contributed by atoms with Crippen molar-refractivity contribution in [3.8, 4) is 5.75 Å². The Morgan fingerprint density at radius 1 is 1.31 bits per heavy atom. The largest absolute Gasteiger partial charge is 0.490 e. The molecule has 0 unspecified atom stereocenters. The molecule has 4 N–H and O–H groups in total. The summed E-state index contributed by atoms with van der Waals surface area (Å²) in [6.07, 6.45) is 1.36. The molecule has 0 saturated heterocycles. The van der Waals surface area contributed by atoms with E-state index in [0.29, 0.717) is 17.4 Å². The van der Waals surface area contributed by atoms with Crippen LogP contribution in [0.3, 0.4) is 0 Å². The first-order chi connectivity index (χ1) is 7.76. The summed E-state index contributed by atoms with van der Waals surface area (Å²) in [4.78, 5) is 7.96. The summed E-state index contributed by atoms with van der Waals surface area (Å²) in [6, 6.07) is -0.478.